The van der Waals surface area contributed by atoms with Gasteiger partial charge in [0.1, 0.15) is 17.6 Å². The minimum absolute atomic E-state index is 0.165. The fourth-order valence-electron chi connectivity index (χ4n) is 4.40. The highest BCUT2D eigenvalue weighted by Crippen LogP contribution is 2.51. The predicted octanol–water partition coefficient (Wildman–Crippen LogP) is 2.72. The zero-order valence-corrected chi connectivity index (χ0v) is 17.5. The lowest BCUT2D eigenvalue weighted by Crippen LogP contribution is -2.28. The lowest BCUT2D eigenvalue weighted by atomic mass is 10.1. The Bertz CT molecular complexity index is 1150. The van der Waals surface area contributed by atoms with Crippen molar-refractivity contribution in [3.8, 4) is 23.2 Å². The molecule has 1 aliphatic carbocycles. The summed E-state index contributed by atoms with van der Waals surface area (Å²) in [6.45, 7) is 5.51. The largest absolute Gasteiger partial charge is 0.385 e. The number of hydrogen-bond donors (Lipinski definition) is 1. The number of piperidine rings is 1. The molecule has 5 rings (SSSR count). The highest BCUT2D eigenvalue weighted by Gasteiger charge is 2.55. The zero-order chi connectivity index (χ0) is 21.5. The van der Waals surface area contributed by atoms with Crippen LogP contribution < -0.4 is 0 Å². The number of aliphatic hydroxyl groups is 1. The second kappa shape index (κ2) is 7.71. The number of rotatable bonds is 4. The number of aliphatic hydroxyl groups excluding tert-OH is 1. The Kier molecular flexibility index (Phi) is 4.87. The lowest BCUT2D eigenvalue weighted by molar-refractivity contribution is -0.128. The van der Waals surface area contributed by atoms with Gasteiger partial charge < -0.3 is 19.1 Å². The van der Waals surface area contributed by atoms with Gasteiger partial charge in [-0.1, -0.05) is 17.0 Å². The number of carbonyl (C=O) groups is 1. The van der Waals surface area contributed by atoms with Crippen molar-refractivity contribution in [3.05, 3.63) is 59.8 Å². The normalized spacial score (nSPS) is 22.5. The van der Waals surface area contributed by atoms with Crippen molar-refractivity contribution >= 4 is 5.91 Å². The molecule has 0 radical (unpaired) electrons. The first kappa shape index (κ1) is 19.6. The van der Waals surface area contributed by atoms with Crippen LogP contribution in [0.1, 0.15) is 37.0 Å². The van der Waals surface area contributed by atoms with Crippen molar-refractivity contribution in [2.75, 3.05) is 13.1 Å². The summed E-state index contributed by atoms with van der Waals surface area (Å²) < 4.78 is 7.37. The third kappa shape index (κ3) is 3.87. The van der Waals surface area contributed by atoms with Crippen LogP contribution >= 0.6 is 0 Å². The van der Waals surface area contributed by atoms with E-state index in [2.05, 4.69) is 22.0 Å². The van der Waals surface area contributed by atoms with Gasteiger partial charge in [0, 0.05) is 55.5 Å². The Hall–Kier alpha value is -3.37. The highest BCUT2D eigenvalue weighted by atomic mass is 16.5. The molecule has 2 aromatic heterocycles. The molecule has 0 unspecified atom stereocenters. The number of fused-ring (bicyclic) bond motifs is 1. The van der Waals surface area contributed by atoms with E-state index in [9.17, 15) is 9.90 Å². The molecular weight excluding hydrogens is 392 g/mol. The number of carbonyl (C=O) groups excluding carboxylic acids is 1. The maximum Gasteiger partial charge on any atom is 0.219 e. The van der Waals surface area contributed by atoms with Gasteiger partial charge in [0.2, 0.25) is 5.91 Å². The van der Waals surface area contributed by atoms with Gasteiger partial charge in [-0.25, -0.2) is 4.98 Å². The van der Waals surface area contributed by atoms with Crippen LogP contribution in [0, 0.1) is 29.6 Å². The van der Waals surface area contributed by atoms with E-state index in [0.717, 1.165) is 29.9 Å². The van der Waals surface area contributed by atoms with E-state index in [4.69, 9.17) is 4.52 Å². The van der Waals surface area contributed by atoms with Gasteiger partial charge in [0.25, 0.3) is 0 Å². The molecule has 4 atom stereocenters. The monoisotopic (exact) mass is 416 g/mol. The van der Waals surface area contributed by atoms with Crippen molar-refractivity contribution in [2.45, 2.75) is 26.5 Å². The molecule has 1 aliphatic heterocycles. The summed E-state index contributed by atoms with van der Waals surface area (Å²) in [6.07, 6.45) is 2.84. The summed E-state index contributed by atoms with van der Waals surface area (Å²) in [5.74, 6) is 9.63. The molecule has 1 aromatic carbocycles. The summed E-state index contributed by atoms with van der Waals surface area (Å²) in [5.41, 5.74) is 2.67. The van der Waals surface area contributed by atoms with Crippen molar-refractivity contribution in [2.24, 2.45) is 17.8 Å². The third-order valence-electron chi connectivity index (χ3n) is 6.20. The van der Waals surface area contributed by atoms with E-state index in [-0.39, 0.29) is 5.91 Å². The van der Waals surface area contributed by atoms with Gasteiger partial charge in [0.15, 0.2) is 5.76 Å². The maximum absolute atomic E-state index is 11.4. The molecule has 158 valence electrons. The van der Waals surface area contributed by atoms with Crippen LogP contribution in [0.2, 0.25) is 0 Å². The van der Waals surface area contributed by atoms with Crippen molar-refractivity contribution in [1.82, 2.24) is 19.6 Å². The van der Waals surface area contributed by atoms with Crippen LogP contribution in [-0.2, 0) is 11.3 Å². The summed E-state index contributed by atoms with van der Waals surface area (Å²) in [5, 5.41) is 13.9. The number of amides is 1. The van der Waals surface area contributed by atoms with Gasteiger partial charge in [-0.3, -0.25) is 4.79 Å². The Morgan fingerprint density at radius 1 is 1.29 bits per heavy atom. The SMILES string of the molecule is CC(=O)N1C[C@@H]2[C@H](C#Cc3ccc(-c4cc(Cn5ccnc5[C@H](C)O)no4)cc3)[C@@H]2C1. The Morgan fingerprint density at radius 3 is 2.71 bits per heavy atom. The molecule has 31 heavy (non-hydrogen) atoms. The number of hydrogen-bond acceptors (Lipinski definition) is 5. The van der Waals surface area contributed by atoms with E-state index in [1.54, 1.807) is 20.0 Å². The van der Waals surface area contributed by atoms with E-state index >= 15 is 0 Å². The molecule has 1 N–H and O–H groups in total. The van der Waals surface area contributed by atoms with Crippen LogP contribution in [-0.4, -0.2) is 43.7 Å². The number of imidazole rings is 1. The number of likely N-dealkylation sites (tertiary alicyclic amines) is 1. The highest BCUT2D eigenvalue weighted by molar-refractivity contribution is 5.74. The van der Waals surface area contributed by atoms with E-state index < -0.39 is 6.10 Å². The summed E-state index contributed by atoms with van der Waals surface area (Å²) in [6, 6.07) is 9.85. The Balaban J connectivity index is 1.22. The van der Waals surface area contributed by atoms with E-state index in [1.807, 2.05) is 46.0 Å². The summed E-state index contributed by atoms with van der Waals surface area (Å²) in [7, 11) is 0. The van der Waals surface area contributed by atoms with Crippen molar-refractivity contribution < 1.29 is 14.4 Å². The van der Waals surface area contributed by atoms with Crippen LogP contribution in [0.5, 0.6) is 0 Å². The minimum Gasteiger partial charge on any atom is -0.385 e. The van der Waals surface area contributed by atoms with Gasteiger partial charge in [-0.05, 0) is 43.0 Å². The first-order valence-corrected chi connectivity index (χ1v) is 10.5. The quantitative estimate of drug-likeness (QED) is 0.661. The van der Waals surface area contributed by atoms with Crippen LogP contribution in [0.4, 0.5) is 0 Å². The Labute approximate surface area is 180 Å². The summed E-state index contributed by atoms with van der Waals surface area (Å²) in [4.78, 5) is 17.5. The second-order valence-corrected chi connectivity index (χ2v) is 8.40. The minimum atomic E-state index is -0.640. The van der Waals surface area contributed by atoms with Crippen molar-refractivity contribution in [3.63, 3.8) is 0 Å². The number of nitrogens with zero attached hydrogens (tertiary/aromatic N) is 4. The topological polar surface area (TPSA) is 84.4 Å². The first-order chi connectivity index (χ1) is 15.0. The Morgan fingerprint density at radius 2 is 2.03 bits per heavy atom. The second-order valence-electron chi connectivity index (χ2n) is 8.40. The van der Waals surface area contributed by atoms with Gasteiger partial charge in [-0.2, -0.15) is 0 Å². The van der Waals surface area contributed by atoms with E-state index in [0.29, 0.717) is 35.9 Å². The standard InChI is InChI=1S/C24H24N4O3/c1-15(29)24-25-9-10-27(24)12-19-11-23(31-26-19)18-6-3-17(4-7-18)5-8-20-21-13-28(16(2)30)14-22(20)21/h3-4,6-7,9-11,15,20-22,29H,12-14H2,1-2H3/t15-,20-,21+,22-/m0/s1. The molecule has 3 heterocycles. The molecule has 2 fully saturated rings. The zero-order valence-electron chi connectivity index (χ0n) is 17.5. The van der Waals surface area contributed by atoms with E-state index in [1.165, 1.54) is 0 Å². The molecular formula is C24H24N4O3. The lowest BCUT2D eigenvalue weighted by Gasteiger charge is -2.15. The van der Waals surface area contributed by atoms with Crippen LogP contribution in [0.25, 0.3) is 11.3 Å². The fraction of sp³-hybridized carbons (Fsp3) is 0.375. The smallest absolute Gasteiger partial charge is 0.219 e. The van der Waals surface area contributed by atoms with Crippen LogP contribution in [0.3, 0.4) is 0 Å². The molecule has 0 bridgehead atoms. The van der Waals surface area contributed by atoms with Gasteiger partial charge in [-0.15, -0.1) is 0 Å². The predicted molar refractivity (Wildman–Crippen MR) is 114 cm³/mol. The van der Waals surface area contributed by atoms with Gasteiger partial charge >= 0.3 is 0 Å². The maximum atomic E-state index is 11.4. The number of benzene rings is 1. The van der Waals surface area contributed by atoms with Crippen molar-refractivity contribution in [1.29, 1.82) is 0 Å². The average molecular weight is 416 g/mol. The first-order valence-electron chi connectivity index (χ1n) is 10.5. The molecule has 0 spiro atoms. The van der Waals surface area contributed by atoms with Crippen LogP contribution in [0.15, 0.2) is 47.2 Å². The summed E-state index contributed by atoms with van der Waals surface area (Å²) >= 11 is 0. The number of aromatic nitrogens is 3. The molecule has 7 heteroatoms. The average Bonchev–Trinajstić information content (AvgIpc) is 3.24. The fourth-order valence-corrected chi connectivity index (χ4v) is 4.40. The molecule has 2 aliphatic rings. The van der Waals surface area contributed by atoms with Gasteiger partial charge in [0.05, 0.1) is 6.54 Å². The molecule has 1 saturated heterocycles. The molecule has 1 saturated carbocycles. The third-order valence-corrected chi connectivity index (χ3v) is 6.20. The molecule has 7 nitrogen and oxygen atoms in total. The molecule has 1 amide bonds. The molecule has 3 aromatic rings.